The third-order valence-corrected chi connectivity index (χ3v) is 0.283. The fourth-order valence-corrected chi connectivity index (χ4v) is 0. The van der Waals surface area contributed by atoms with Gasteiger partial charge in [0.15, 0.2) is 0 Å². The molecule has 0 bridgehead atoms. The van der Waals surface area contributed by atoms with Crippen LogP contribution in [0.25, 0.3) is 0 Å². The van der Waals surface area contributed by atoms with Crippen LogP contribution in [0.4, 0.5) is 4.79 Å². The summed E-state index contributed by atoms with van der Waals surface area (Å²) in [4.78, 5) is 8.56. The molecular weight excluding hydrogens is 172 g/mol. The van der Waals surface area contributed by atoms with Crippen LogP contribution in [-0.2, 0) is 14.7 Å². The monoisotopic (exact) mass is 176 g/mol. The minimum atomic E-state index is -4.61. The minimum absolute atomic E-state index is 1.83. The van der Waals surface area contributed by atoms with E-state index in [9.17, 15) is 0 Å². The van der Waals surface area contributed by atoms with Gasteiger partial charge in [-0.2, -0.15) is 8.42 Å². The molecule has 0 aliphatic heterocycles. The maximum absolute atomic E-state index is 9.08. The molecule has 0 aliphatic carbocycles. The quantitative estimate of drug-likeness (QED) is 0.238. The van der Waals surface area contributed by atoms with Gasteiger partial charge in [-0.25, -0.2) is 10.1 Å². The molecular formula is CH4O8S. The van der Waals surface area contributed by atoms with E-state index in [0.717, 1.165) is 0 Å². The Balaban J connectivity index is 0. The van der Waals surface area contributed by atoms with E-state index in [4.69, 9.17) is 33.2 Å². The Morgan fingerprint density at radius 1 is 1.30 bits per heavy atom. The predicted molar refractivity (Wildman–Crippen MR) is 25.9 cm³/mol. The summed E-state index contributed by atoms with van der Waals surface area (Å²) in [6.07, 6.45) is -1.83. The summed E-state index contributed by atoms with van der Waals surface area (Å²) in [5.41, 5.74) is 0. The molecule has 0 aromatic carbocycles. The highest BCUT2D eigenvalue weighted by Crippen LogP contribution is 1.74. The van der Waals surface area contributed by atoms with Crippen LogP contribution in [-0.4, -0.2) is 34.6 Å². The lowest BCUT2D eigenvalue weighted by Crippen LogP contribution is -1.97. The second-order valence-corrected chi connectivity index (χ2v) is 1.79. The molecule has 0 spiro atoms. The summed E-state index contributed by atoms with van der Waals surface area (Å²) < 4.78 is 28.0. The Labute approximate surface area is 55.2 Å². The Morgan fingerprint density at radius 2 is 1.40 bits per heavy atom. The van der Waals surface area contributed by atoms with Crippen molar-refractivity contribution in [3.05, 3.63) is 0 Å². The first-order valence-corrected chi connectivity index (χ1v) is 2.88. The second-order valence-electron chi connectivity index (χ2n) is 0.785. The molecule has 9 heteroatoms. The van der Waals surface area contributed by atoms with Crippen LogP contribution in [0.1, 0.15) is 0 Å². The van der Waals surface area contributed by atoms with Gasteiger partial charge < -0.3 is 10.2 Å². The first-order chi connectivity index (χ1) is 4.29. The van der Waals surface area contributed by atoms with Crippen molar-refractivity contribution in [1.29, 1.82) is 0 Å². The van der Waals surface area contributed by atoms with E-state index in [-0.39, 0.29) is 0 Å². The molecule has 0 amide bonds. The van der Waals surface area contributed by atoms with E-state index >= 15 is 0 Å². The Kier molecular flexibility index (Phi) is 5.84. The first kappa shape index (κ1) is 11.8. The standard InChI is InChI=1S/CH2O3.H2O5S/c2-1(3)4;1-5-6(2,3)4/h(H2,2,3,4);1H,(H,2,3,4). The van der Waals surface area contributed by atoms with Crippen LogP contribution in [0.2, 0.25) is 0 Å². The third-order valence-electron chi connectivity index (χ3n) is 0.0942. The molecule has 0 fully saturated rings. The van der Waals surface area contributed by atoms with Crippen LogP contribution < -0.4 is 0 Å². The molecule has 0 heterocycles. The highest BCUT2D eigenvalue weighted by atomic mass is 32.3. The number of hydrogen-bond donors (Lipinski definition) is 4. The van der Waals surface area contributed by atoms with E-state index in [0.29, 0.717) is 0 Å². The summed E-state index contributed by atoms with van der Waals surface area (Å²) in [7, 11) is -4.61. The lowest BCUT2D eigenvalue weighted by molar-refractivity contribution is -0.139. The van der Waals surface area contributed by atoms with Gasteiger partial charge in [-0.1, -0.05) is 4.33 Å². The Hall–Kier alpha value is -0.900. The summed E-state index contributed by atoms with van der Waals surface area (Å²) in [6.45, 7) is 0. The van der Waals surface area contributed by atoms with Crippen molar-refractivity contribution >= 4 is 16.6 Å². The first-order valence-electron chi connectivity index (χ1n) is 1.52. The SMILES string of the molecule is O=C(O)O.O=S(=O)(O)OO. The van der Waals surface area contributed by atoms with Crippen molar-refractivity contribution in [2.75, 3.05) is 0 Å². The van der Waals surface area contributed by atoms with E-state index < -0.39 is 16.6 Å². The third kappa shape index (κ3) is 59.9. The highest BCUT2D eigenvalue weighted by Gasteiger charge is 1.97. The van der Waals surface area contributed by atoms with E-state index in [1.54, 1.807) is 0 Å². The molecule has 8 nitrogen and oxygen atoms in total. The molecule has 0 aromatic rings. The van der Waals surface area contributed by atoms with E-state index in [2.05, 4.69) is 4.33 Å². The maximum atomic E-state index is 9.08. The molecule has 4 N–H and O–H groups in total. The van der Waals surface area contributed by atoms with Gasteiger partial charge in [0.1, 0.15) is 0 Å². The van der Waals surface area contributed by atoms with Gasteiger partial charge in [-0.3, -0.25) is 4.55 Å². The molecule has 0 rings (SSSR count). The topological polar surface area (TPSA) is 141 Å². The maximum Gasteiger partial charge on any atom is 0.503 e. The van der Waals surface area contributed by atoms with Crippen LogP contribution in [0.15, 0.2) is 0 Å². The van der Waals surface area contributed by atoms with Gasteiger partial charge in [0.2, 0.25) is 0 Å². The zero-order valence-electron chi connectivity index (χ0n) is 4.33. The summed E-state index contributed by atoms with van der Waals surface area (Å²) >= 11 is 0. The van der Waals surface area contributed by atoms with Crippen molar-refractivity contribution in [1.82, 2.24) is 0 Å². The minimum Gasteiger partial charge on any atom is -0.450 e. The van der Waals surface area contributed by atoms with Gasteiger partial charge in [0.25, 0.3) is 0 Å². The van der Waals surface area contributed by atoms with Crippen molar-refractivity contribution in [2.24, 2.45) is 0 Å². The molecule has 0 saturated heterocycles. The van der Waals surface area contributed by atoms with Crippen LogP contribution in [0.5, 0.6) is 0 Å². The van der Waals surface area contributed by atoms with Gasteiger partial charge in [0, 0.05) is 0 Å². The number of rotatable bonds is 1. The van der Waals surface area contributed by atoms with Crippen molar-refractivity contribution < 1.29 is 37.6 Å². The molecule has 0 unspecified atom stereocenters. The fraction of sp³-hybridized carbons (Fsp3) is 0. The zero-order chi connectivity index (χ0) is 8.78. The van der Waals surface area contributed by atoms with E-state index in [1.165, 1.54) is 0 Å². The van der Waals surface area contributed by atoms with Gasteiger partial charge in [0.05, 0.1) is 0 Å². The molecule has 62 valence electrons. The Morgan fingerprint density at radius 3 is 1.40 bits per heavy atom. The Bertz CT molecular complexity index is 171. The largest absolute Gasteiger partial charge is 0.503 e. The normalized spacial score (nSPS) is 9.40. The average molecular weight is 176 g/mol. The lowest BCUT2D eigenvalue weighted by atomic mass is 11.5. The van der Waals surface area contributed by atoms with Gasteiger partial charge in [-0.05, 0) is 0 Å². The van der Waals surface area contributed by atoms with E-state index in [1.807, 2.05) is 0 Å². The molecule has 0 radical (unpaired) electrons. The number of carbonyl (C=O) groups is 1. The molecule has 0 aromatic heterocycles. The summed E-state index contributed by atoms with van der Waals surface area (Å²) in [5, 5.41) is 21.0. The second kappa shape index (κ2) is 4.93. The summed E-state index contributed by atoms with van der Waals surface area (Å²) in [5.74, 6) is 0. The van der Waals surface area contributed by atoms with Crippen LogP contribution in [0, 0.1) is 0 Å². The smallest absolute Gasteiger partial charge is 0.450 e. The zero-order valence-corrected chi connectivity index (χ0v) is 5.15. The van der Waals surface area contributed by atoms with Crippen LogP contribution in [0.3, 0.4) is 0 Å². The van der Waals surface area contributed by atoms with Gasteiger partial charge >= 0.3 is 16.6 Å². The van der Waals surface area contributed by atoms with Crippen molar-refractivity contribution in [2.45, 2.75) is 0 Å². The fourth-order valence-electron chi connectivity index (χ4n) is 0. The molecule has 0 saturated carbocycles. The van der Waals surface area contributed by atoms with Crippen LogP contribution >= 0.6 is 0 Å². The molecule has 0 aliphatic rings. The molecule has 10 heavy (non-hydrogen) atoms. The van der Waals surface area contributed by atoms with Crippen molar-refractivity contribution in [3.8, 4) is 0 Å². The number of carboxylic acid groups (broad SMARTS) is 2. The van der Waals surface area contributed by atoms with Crippen molar-refractivity contribution in [3.63, 3.8) is 0 Å². The lowest BCUT2D eigenvalue weighted by Gasteiger charge is -1.79. The predicted octanol–water partition coefficient (Wildman–Crippen LogP) is -0.499. The van der Waals surface area contributed by atoms with Gasteiger partial charge in [-0.15, -0.1) is 0 Å². The molecule has 0 atom stereocenters. The number of hydrogen-bond acceptors (Lipinski definition) is 5. The average Bonchev–Trinajstić information content (AvgIpc) is 1.63. The highest BCUT2D eigenvalue weighted by molar-refractivity contribution is 7.80. The summed E-state index contributed by atoms with van der Waals surface area (Å²) in [6, 6.07) is 0.